The van der Waals surface area contributed by atoms with E-state index in [0.717, 1.165) is 28.7 Å². The minimum atomic E-state index is 0.342. The van der Waals surface area contributed by atoms with Crippen LogP contribution >= 0.6 is 0 Å². The molecule has 0 bridgehead atoms. The number of amidine groups is 1. The van der Waals surface area contributed by atoms with E-state index in [0.29, 0.717) is 34.9 Å². The highest BCUT2D eigenvalue weighted by Gasteiger charge is 2.04. The molecule has 0 radical (unpaired) electrons. The first-order chi connectivity index (χ1) is 21.9. The monoisotopic (exact) mass is 590 g/mol. The average Bonchev–Trinajstić information content (AvgIpc) is 3.06. The Kier molecular flexibility index (Phi) is 16.6. The molecule has 0 saturated carbocycles. The predicted octanol–water partition coefficient (Wildman–Crippen LogP) is 10.1. The van der Waals surface area contributed by atoms with Crippen molar-refractivity contribution in [2.45, 2.75) is 13.3 Å². The summed E-state index contributed by atoms with van der Waals surface area (Å²) in [7, 11) is 0. The Balaban J connectivity index is 2.20. The fraction of sp³-hybridized carbons (Fsp3) is 0.0732. The van der Waals surface area contributed by atoms with Crippen molar-refractivity contribution in [3.05, 3.63) is 206 Å². The number of aliphatic imine (C=N–C) groups is 3. The Bertz CT molecular complexity index is 1620. The number of hydrogen-bond donors (Lipinski definition) is 1. The third-order valence-electron chi connectivity index (χ3n) is 6.11. The number of rotatable bonds is 14. The van der Waals surface area contributed by atoms with E-state index in [1.807, 2.05) is 110 Å². The van der Waals surface area contributed by atoms with Gasteiger partial charge in [-0.2, -0.15) is 0 Å². The maximum atomic E-state index is 8.68. The van der Waals surface area contributed by atoms with Gasteiger partial charge in [0.15, 0.2) is 5.84 Å². The highest BCUT2D eigenvalue weighted by atomic mass is 14.9. The van der Waals surface area contributed by atoms with Gasteiger partial charge in [-0.25, -0.2) is 9.98 Å². The number of hydrogen-bond acceptors (Lipinski definition) is 3. The summed E-state index contributed by atoms with van der Waals surface area (Å²) < 4.78 is 0. The molecule has 0 saturated heterocycles. The van der Waals surface area contributed by atoms with E-state index in [-0.39, 0.29) is 0 Å². The molecule has 0 unspecified atom stereocenters. The molecule has 1 aromatic carbocycles. The zero-order valence-corrected chi connectivity index (χ0v) is 26.1. The lowest BCUT2D eigenvalue weighted by atomic mass is 10.0. The van der Waals surface area contributed by atoms with Gasteiger partial charge in [0.2, 0.25) is 0 Å². The largest absolute Gasteiger partial charge is 0.300 e. The molecule has 226 valence electrons. The van der Waals surface area contributed by atoms with E-state index in [1.54, 1.807) is 36.7 Å². The van der Waals surface area contributed by atoms with Crippen molar-refractivity contribution < 1.29 is 0 Å². The summed E-state index contributed by atoms with van der Waals surface area (Å²) in [6.45, 7) is 22.7. The van der Waals surface area contributed by atoms with E-state index in [9.17, 15) is 0 Å². The first-order valence-corrected chi connectivity index (χ1v) is 14.6. The third-order valence-corrected chi connectivity index (χ3v) is 6.11. The summed E-state index contributed by atoms with van der Waals surface area (Å²) in [4.78, 5) is 13.5. The van der Waals surface area contributed by atoms with Gasteiger partial charge < -0.3 is 5.41 Å². The molecule has 1 heterocycles. The highest BCUT2D eigenvalue weighted by molar-refractivity contribution is 6.08. The van der Waals surface area contributed by atoms with Gasteiger partial charge in [0.25, 0.3) is 0 Å². The fourth-order valence-electron chi connectivity index (χ4n) is 3.66. The van der Waals surface area contributed by atoms with Crippen LogP contribution in [0.2, 0.25) is 0 Å². The molecule has 0 amide bonds. The first-order valence-electron chi connectivity index (χ1n) is 14.6. The summed E-state index contributed by atoms with van der Waals surface area (Å²) in [5, 5.41) is 8.68. The van der Waals surface area contributed by atoms with Crippen LogP contribution in [0.3, 0.4) is 0 Å². The van der Waals surface area contributed by atoms with E-state index < -0.39 is 0 Å². The molecular formula is C41H42N4. The zero-order valence-electron chi connectivity index (χ0n) is 26.1. The summed E-state index contributed by atoms with van der Waals surface area (Å²) in [5.74, 6) is 0.541. The zero-order chi connectivity index (χ0) is 32.7. The van der Waals surface area contributed by atoms with Gasteiger partial charge in [-0.15, -0.1) is 0 Å². The van der Waals surface area contributed by atoms with E-state index in [4.69, 9.17) is 5.41 Å². The summed E-state index contributed by atoms with van der Waals surface area (Å²) in [6, 6.07) is 9.72. The summed E-state index contributed by atoms with van der Waals surface area (Å²) >= 11 is 0. The second-order valence-corrected chi connectivity index (χ2v) is 9.52. The van der Waals surface area contributed by atoms with Gasteiger partial charge in [0.05, 0.1) is 18.0 Å². The number of nitrogens with zero attached hydrogens (tertiary/aromatic N) is 3. The quantitative estimate of drug-likeness (QED) is 0.127. The molecule has 1 N–H and O–H groups in total. The topological polar surface area (TPSA) is 60.9 Å². The predicted molar refractivity (Wildman–Crippen MR) is 200 cm³/mol. The van der Waals surface area contributed by atoms with E-state index in [1.165, 1.54) is 0 Å². The second-order valence-electron chi connectivity index (χ2n) is 9.52. The third kappa shape index (κ3) is 13.9. The SMILES string of the molecule is C=C/C=C(/C=C\C(=C\C=C)C(=N)\C=C/C1=C/CN=C/C=C\C/C=C\1)C(=C)/C=C\C(=C)C(=C)N=C(N=C/C=C/C)c1ccccc1. The maximum Gasteiger partial charge on any atom is 0.159 e. The fourth-order valence-corrected chi connectivity index (χ4v) is 3.66. The van der Waals surface area contributed by atoms with Crippen LogP contribution in [-0.2, 0) is 0 Å². The Labute approximate surface area is 269 Å². The highest BCUT2D eigenvalue weighted by Crippen LogP contribution is 2.18. The minimum absolute atomic E-state index is 0.342. The molecule has 0 atom stereocenters. The van der Waals surface area contributed by atoms with Crippen LogP contribution < -0.4 is 0 Å². The molecule has 1 aliphatic heterocycles. The van der Waals surface area contributed by atoms with Crippen LogP contribution in [0.15, 0.2) is 215 Å². The second kappa shape index (κ2) is 21.0. The van der Waals surface area contributed by atoms with Gasteiger partial charge in [-0.3, -0.25) is 4.99 Å². The lowest BCUT2D eigenvalue weighted by molar-refractivity contribution is 1.24. The van der Waals surface area contributed by atoms with Gasteiger partial charge in [-0.1, -0.05) is 148 Å². The molecule has 0 spiro atoms. The van der Waals surface area contributed by atoms with Gasteiger partial charge in [-0.05, 0) is 59.4 Å². The lowest BCUT2D eigenvalue weighted by Gasteiger charge is -2.06. The van der Waals surface area contributed by atoms with Crippen molar-refractivity contribution in [2.75, 3.05) is 6.54 Å². The molecule has 0 aromatic heterocycles. The van der Waals surface area contributed by atoms with Crippen molar-refractivity contribution in [1.82, 2.24) is 0 Å². The molecule has 45 heavy (non-hydrogen) atoms. The smallest absolute Gasteiger partial charge is 0.159 e. The average molecular weight is 591 g/mol. The van der Waals surface area contributed by atoms with Crippen LogP contribution in [0.1, 0.15) is 18.9 Å². The Morgan fingerprint density at radius 1 is 0.889 bits per heavy atom. The molecule has 0 aliphatic carbocycles. The van der Waals surface area contributed by atoms with E-state index >= 15 is 0 Å². The number of benzene rings is 1. The molecule has 1 aromatic rings. The summed E-state index contributed by atoms with van der Waals surface area (Å²) in [5.41, 5.74) is 5.56. The standard InChI is InChI=1S/C41H42N4/c1-7-10-31-44-41(39-21-15-13-16-22-39)45-35(6)33(4)23-24-34(5)37(18-8-2)26-27-38(19-9-3)40(42)28-25-36-20-14-11-12-17-30-43-32-29-36/h7-10,12-31,42H,2-6,11,32H2,1H3/b10-7+,17-12-,20-14-,24-23-,27-26-,28-25-,36-29+,37-18-,38-19-,42-40?,43-30?,44-31?,45-41?. The van der Waals surface area contributed by atoms with Crippen LogP contribution in [0, 0.1) is 5.41 Å². The van der Waals surface area contributed by atoms with Gasteiger partial charge >= 0.3 is 0 Å². The molecule has 0 fully saturated rings. The molecular weight excluding hydrogens is 548 g/mol. The van der Waals surface area contributed by atoms with Gasteiger partial charge in [0.1, 0.15) is 0 Å². The molecule has 4 nitrogen and oxygen atoms in total. The summed E-state index contributed by atoms with van der Waals surface area (Å²) in [6.07, 6.45) is 36.4. The maximum absolute atomic E-state index is 8.68. The van der Waals surface area contributed by atoms with Crippen LogP contribution in [0.4, 0.5) is 0 Å². The normalized spacial score (nSPS) is 17.5. The van der Waals surface area contributed by atoms with Crippen molar-refractivity contribution in [1.29, 1.82) is 5.41 Å². The minimum Gasteiger partial charge on any atom is -0.300 e. The number of nitrogens with one attached hydrogen (secondary N) is 1. The van der Waals surface area contributed by atoms with E-state index in [2.05, 4.69) is 53.9 Å². The Hall–Kier alpha value is -5.74. The molecule has 2 rings (SSSR count). The van der Waals surface area contributed by atoms with Crippen molar-refractivity contribution in [3.63, 3.8) is 0 Å². The van der Waals surface area contributed by atoms with Crippen molar-refractivity contribution in [2.24, 2.45) is 15.0 Å². The van der Waals surface area contributed by atoms with Gasteiger partial charge in [0, 0.05) is 18.0 Å². The first kappa shape index (κ1) is 35.5. The van der Waals surface area contributed by atoms with Crippen molar-refractivity contribution >= 4 is 24.0 Å². The Morgan fingerprint density at radius 2 is 1.60 bits per heavy atom. The van der Waals surface area contributed by atoms with Crippen molar-refractivity contribution in [3.8, 4) is 0 Å². The van der Waals surface area contributed by atoms with Crippen LogP contribution in [0.25, 0.3) is 0 Å². The Morgan fingerprint density at radius 3 is 2.33 bits per heavy atom. The molecule has 4 heteroatoms. The van der Waals surface area contributed by atoms with Crippen LogP contribution in [-0.4, -0.2) is 30.5 Å². The number of allylic oxidation sites excluding steroid dienone is 20. The lowest BCUT2D eigenvalue weighted by Crippen LogP contribution is -1.98. The molecule has 1 aliphatic rings. The van der Waals surface area contributed by atoms with Crippen LogP contribution in [0.5, 0.6) is 0 Å².